The summed E-state index contributed by atoms with van der Waals surface area (Å²) < 4.78 is 26.8. The fraction of sp³-hybridized carbons (Fsp3) is 0.333. The number of rotatable bonds is 11. The zero-order valence-corrected chi connectivity index (χ0v) is 44.4. The number of hydrogen-bond acceptors (Lipinski definition) is 14. The summed E-state index contributed by atoms with van der Waals surface area (Å²) in [6, 6.07) is 39.4. The van der Waals surface area contributed by atoms with Gasteiger partial charge in [0.25, 0.3) is 11.1 Å². The third kappa shape index (κ3) is 12.1. The molecule has 0 radical (unpaired) electrons. The summed E-state index contributed by atoms with van der Waals surface area (Å²) in [6.07, 6.45) is 1.06. The molecule has 2 saturated heterocycles. The van der Waals surface area contributed by atoms with E-state index in [2.05, 4.69) is 85.1 Å². The van der Waals surface area contributed by atoms with Gasteiger partial charge in [-0.05, 0) is 113 Å². The minimum absolute atomic E-state index is 0.0391. The lowest BCUT2D eigenvalue weighted by Crippen LogP contribution is -2.46. The average Bonchev–Trinajstić information content (AvgIpc) is 3.42. The molecular weight excluding hydrogens is 949 g/mol. The van der Waals surface area contributed by atoms with Gasteiger partial charge in [-0.25, -0.2) is 18.4 Å². The van der Waals surface area contributed by atoms with E-state index in [1.165, 1.54) is 29.0 Å². The SMILES string of the molecule is CCN1CCN(c2ccc(N)cc2)CC1.CCN1CCN(c2ccc(Nc3nc(C)c4cc(-c5ccccc5)c(=O)n(CC)c4n3)cc2)CC1.CCn1c(=O)c(-c2ccccc2)cc2c(C)nc(S(C)(=O)=O)nc21. The second-order valence-corrected chi connectivity index (χ2v) is 20.4. The monoisotopic (exact) mass is 1020 g/mol. The van der Waals surface area contributed by atoms with Gasteiger partial charge in [-0.2, -0.15) is 9.97 Å². The number of nitrogen functional groups attached to an aromatic ring is 1. The number of aryl methyl sites for hydroxylation is 4. The van der Waals surface area contributed by atoms with Crippen LogP contribution in [0, 0.1) is 13.8 Å². The van der Waals surface area contributed by atoms with E-state index in [1.54, 1.807) is 17.6 Å². The topological polar surface area (TPSA) is 181 Å². The van der Waals surface area contributed by atoms with Gasteiger partial charge in [0.1, 0.15) is 11.3 Å². The number of aromatic nitrogens is 6. The van der Waals surface area contributed by atoms with Crippen molar-refractivity contribution in [3.05, 3.63) is 153 Å². The first-order valence-electron chi connectivity index (χ1n) is 25.5. The van der Waals surface area contributed by atoms with E-state index in [0.29, 0.717) is 52.5 Å². The highest BCUT2D eigenvalue weighted by atomic mass is 32.2. The Kier molecular flexibility index (Phi) is 16.9. The molecule has 6 heterocycles. The Hall–Kier alpha value is -7.47. The number of pyridine rings is 2. The van der Waals surface area contributed by atoms with E-state index in [-0.39, 0.29) is 16.3 Å². The third-order valence-electron chi connectivity index (χ3n) is 13.8. The van der Waals surface area contributed by atoms with E-state index in [0.717, 1.165) is 92.2 Å². The molecule has 4 aromatic heterocycles. The van der Waals surface area contributed by atoms with E-state index < -0.39 is 9.84 Å². The molecule has 74 heavy (non-hydrogen) atoms. The van der Waals surface area contributed by atoms with Crippen molar-refractivity contribution < 1.29 is 8.42 Å². The molecule has 0 unspecified atom stereocenters. The minimum Gasteiger partial charge on any atom is -0.399 e. The second-order valence-electron chi connectivity index (χ2n) is 18.5. The van der Waals surface area contributed by atoms with Crippen molar-refractivity contribution in [1.82, 2.24) is 38.9 Å². The van der Waals surface area contributed by atoms with Gasteiger partial charge in [-0.3, -0.25) is 18.7 Å². The first kappa shape index (κ1) is 52.8. The summed E-state index contributed by atoms with van der Waals surface area (Å²) in [5.41, 5.74) is 15.0. The van der Waals surface area contributed by atoms with Crippen molar-refractivity contribution in [1.29, 1.82) is 0 Å². The first-order valence-corrected chi connectivity index (χ1v) is 27.4. The van der Waals surface area contributed by atoms with E-state index in [9.17, 15) is 18.0 Å². The van der Waals surface area contributed by atoms with Crippen LogP contribution in [0.3, 0.4) is 0 Å². The van der Waals surface area contributed by atoms with Crippen LogP contribution in [0.5, 0.6) is 0 Å². The molecule has 0 aliphatic carbocycles. The number of likely N-dealkylation sites (N-methyl/N-ethyl adjacent to an activating group) is 2. The molecule has 10 rings (SSSR count). The zero-order chi connectivity index (χ0) is 52.5. The van der Waals surface area contributed by atoms with Gasteiger partial charge in [0, 0.05) is 116 Å². The molecule has 2 aliphatic rings. The number of piperazine rings is 2. The Morgan fingerprint density at radius 2 is 0.946 bits per heavy atom. The Labute approximate surface area is 434 Å². The van der Waals surface area contributed by atoms with Gasteiger partial charge >= 0.3 is 0 Å². The smallest absolute Gasteiger partial charge is 0.260 e. The molecule has 0 spiro atoms. The van der Waals surface area contributed by atoms with Gasteiger partial charge < -0.3 is 30.7 Å². The fourth-order valence-electron chi connectivity index (χ4n) is 9.42. The van der Waals surface area contributed by atoms with Crippen LogP contribution in [0.4, 0.5) is 28.7 Å². The van der Waals surface area contributed by atoms with Gasteiger partial charge in [0.15, 0.2) is 0 Å². The van der Waals surface area contributed by atoms with Crippen LogP contribution in [-0.4, -0.2) is 119 Å². The predicted molar refractivity (Wildman–Crippen MR) is 302 cm³/mol. The molecule has 0 amide bonds. The number of hydrogen-bond donors (Lipinski definition) is 2. The summed E-state index contributed by atoms with van der Waals surface area (Å²) in [5.74, 6) is 0.494. The van der Waals surface area contributed by atoms with Gasteiger partial charge in [-0.1, -0.05) is 74.5 Å². The standard InChI is InChI=1S/C28H32N6O.C17H17N3O3S.C12H19N3/c1-4-32-15-17-33(18-16-32)23-13-11-22(12-14-23)30-28-29-20(3)24-19-25(21-9-7-6-8-10-21)27(35)34(5-2)26(24)31-28;1-4-20-15-13(11(2)18-17(19-15)24(3,22)23)10-14(16(20)21)12-8-6-5-7-9-12;1-2-14-7-9-15(10-8-14)12-5-3-11(13)4-6-12/h6-14,19H,4-5,15-18H2,1-3H3,(H,29,30,31);5-10H,4H2,1-3H3;3-6H,2,7-10,13H2,1H3. The molecule has 17 heteroatoms. The second kappa shape index (κ2) is 23.6. The molecule has 2 fully saturated rings. The minimum atomic E-state index is -3.55. The van der Waals surface area contributed by atoms with Crippen molar-refractivity contribution in [2.45, 2.75) is 59.8 Å². The molecule has 2 aliphatic heterocycles. The predicted octanol–water partition coefficient (Wildman–Crippen LogP) is 8.27. The number of anilines is 5. The highest BCUT2D eigenvalue weighted by Crippen LogP contribution is 2.27. The number of fused-ring (bicyclic) bond motifs is 2. The van der Waals surface area contributed by atoms with Crippen LogP contribution in [-0.2, 0) is 22.9 Å². The maximum absolute atomic E-state index is 13.3. The first-order chi connectivity index (χ1) is 35.7. The van der Waals surface area contributed by atoms with Crippen molar-refractivity contribution >= 4 is 60.6 Å². The Morgan fingerprint density at radius 1 is 0.527 bits per heavy atom. The van der Waals surface area contributed by atoms with Crippen LogP contribution < -0.4 is 32.0 Å². The Balaban J connectivity index is 0.000000161. The molecule has 8 aromatic rings. The van der Waals surface area contributed by atoms with E-state index in [1.807, 2.05) is 99.6 Å². The number of nitrogens with two attached hydrogens (primary N) is 1. The Morgan fingerprint density at radius 3 is 1.36 bits per heavy atom. The largest absolute Gasteiger partial charge is 0.399 e. The molecule has 0 saturated carbocycles. The lowest BCUT2D eigenvalue weighted by molar-refractivity contribution is 0.271. The van der Waals surface area contributed by atoms with E-state index in [4.69, 9.17) is 15.7 Å². The number of nitrogens with zero attached hydrogens (tertiary/aromatic N) is 10. The highest BCUT2D eigenvalue weighted by molar-refractivity contribution is 7.90. The zero-order valence-electron chi connectivity index (χ0n) is 43.6. The maximum atomic E-state index is 13.3. The molecule has 0 atom stereocenters. The third-order valence-corrected chi connectivity index (χ3v) is 14.6. The van der Waals surface area contributed by atoms with Crippen LogP contribution >= 0.6 is 0 Å². The van der Waals surface area contributed by atoms with Crippen LogP contribution in [0.15, 0.2) is 136 Å². The lowest BCUT2D eigenvalue weighted by atomic mass is 10.1. The van der Waals surface area contributed by atoms with Crippen molar-refractivity contribution in [2.75, 3.05) is 92.6 Å². The highest BCUT2D eigenvalue weighted by Gasteiger charge is 2.21. The summed E-state index contributed by atoms with van der Waals surface area (Å²) in [7, 11) is -3.55. The molecule has 386 valence electrons. The molecule has 3 N–H and O–H groups in total. The lowest BCUT2D eigenvalue weighted by Gasteiger charge is -2.35. The maximum Gasteiger partial charge on any atom is 0.260 e. The number of benzene rings is 4. The van der Waals surface area contributed by atoms with Gasteiger partial charge in [0.05, 0.1) is 11.4 Å². The van der Waals surface area contributed by atoms with Crippen molar-refractivity contribution in [2.24, 2.45) is 0 Å². The number of sulfone groups is 1. The van der Waals surface area contributed by atoms with Crippen molar-refractivity contribution in [3.63, 3.8) is 0 Å². The van der Waals surface area contributed by atoms with Gasteiger partial charge in [0.2, 0.25) is 20.9 Å². The molecule has 4 aromatic carbocycles. The van der Waals surface area contributed by atoms with Crippen LogP contribution in [0.2, 0.25) is 0 Å². The summed E-state index contributed by atoms with van der Waals surface area (Å²) in [5, 5.41) is 4.63. The quantitative estimate of drug-likeness (QED) is 0.0934. The normalized spacial score (nSPS) is 14.3. The summed E-state index contributed by atoms with van der Waals surface area (Å²) >= 11 is 0. The summed E-state index contributed by atoms with van der Waals surface area (Å²) in [6.45, 7) is 24.0. The molecule has 0 bridgehead atoms. The molecular formula is C57H68N12O4S. The molecule has 16 nitrogen and oxygen atoms in total. The van der Waals surface area contributed by atoms with Crippen LogP contribution in [0.1, 0.15) is 39.1 Å². The van der Waals surface area contributed by atoms with Crippen molar-refractivity contribution in [3.8, 4) is 22.3 Å². The average molecular weight is 1020 g/mol. The van der Waals surface area contributed by atoms with Crippen LogP contribution in [0.25, 0.3) is 44.3 Å². The van der Waals surface area contributed by atoms with Gasteiger partial charge in [-0.15, -0.1) is 0 Å². The fourth-order valence-corrected chi connectivity index (χ4v) is 9.98. The number of nitrogens with one attached hydrogen (secondary N) is 1. The van der Waals surface area contributed by atoms with E-state index >= 15 is 0 Å². The Bertz CT molecular complexity index is 3430. The summed E-state index contributed by atoms with van der Waals surface area (Å²) in [4.78, 5) is 53.6.